The molecule has 3 aromatic rings. The topological polar surface area (TPSA) is 306 Å². The Labute approximate surface area is 438 Å². The molecule has 0 fully saturated rings. The summed E-state index contributed by atoms with van der Waals surface area (Å²) in [5.41, 5.74) is 4.79. The van der Waals surface area contributed by atoms with Crippen LogP contribution in [0.25, 0.3) is 12.2 Å². The van der Waals surface area contributed by atoms with Crippen molar-refractivity contribution >= 4 is 148 Å². The van der Waals surface area contributed by atoms with Crippen molar-refractivity contribution in [1.29, 1.82) is 0 Å². The number of carbonyl (C=O) groups excluding carboxylic acids is 3. The van der Waals surface area contributed by atoms with E-state index in [0.717, 1.165) is 40.3 Å². The third-order valence-corrected chi connectivity index (χ3v) is 11.4. The van der Waals surface area contributed by atoms with Gasteiger partial charge in [-0.2, -0.15) is 13.5 Å². The molecule has 17 nitrogen and oxygen atoms in total. The number of Topliss-reactive ketones (excluding diaryl/α,β-unsaturated/α-hetero) is 2. The van der Waals surface area contributed by atoms with Gasteiger partial charge in [0.15, 0.2) is 21.4 Å². The van der Waals surface area contributed by atoms with Crippen LogP contribution < -0.4 is 0 Å². The Kier molecular flexibility index (Phi) is 45.2. The normalized spacial score (nSPS) is 11.2. The summed E-state index contributed by atoms with van der Waals surface area (Å²) in [7, 11) is -8.12. The number of ketones is 2. The van der Waals surface area contributed by atoms with Gasteiger partial charge in [0, 0.05) is 24.8 Å². The number of allylic oxidation sites excluding steroid dienone is 2. The zero-order valence-corrected chi connectivity index (χ0v) is 47.4. The van der Waals surface area contributed by atoms with Crippen molar-refractivity contribution in [3.63, 3.8) is 0 Å². The van der Waals surface area contributed by atoms with Crippen LogP contribution in [0.15, 0.2) is 82.6 Å². The number of carbonyl (C=O) groups is 8. The zero-order valence-electron chi connectivity index (χ0n) is 40.0. The van der Waals surface area contributed by atoms with E-state index < -0.39 is 72.6 Å². The van der Waals surface area contributed by atoms with E-state index in [1.807, 2.05) is 84.9 Å². The minimum absolute atomic E-state index is 0. The number of hydrogen-bond donors (Lipinski definition) is 5. The molecule has 368 valence electrons. The number of aliphatic carboxylic acids is 5. The second-order valence-electron chi connectivity index (χ2n) is 11.9. The number of benzene rings is 3. The molecule has 2 aliphatic carbocycles. The summed E-state index contributed by atoms with van der Waals surface area (Å²) in [4.78, 5) is 83.0. The molecule has 0 aliphatic heterocycles. The molecule has 0 aromatic heterocycles. The number of aryl methyl sites for hydroxylation is 1. The van der Waals surface area contributed by atoms with E-state index in [0.29, 0.717) is 11.1 Å². The standard InChI is InChI=1S/C20H14O4S.C8H8O.C4H6O6S.C4H6O4S.C3H6O2.3C2H6.2Na.H2S/c21-17-9-13-5-1-3-7-15(13)11-19(17)25(23,24)20-12-16-8-4-2-6-14(16)10-18(20)22;1-7-4-2-3-5-8(7)6-9;5-3(6)1-11(9,10)2-4(7)8;5-3(6)1-9-2-4(7)8;1-2-3(4)5;3*1-2;;;/h1-8,11-12H,9-10H2;2-6H,1H3;1-2H2,(H,5,6)(H,7,8);1-2H2,(H,5,6)(H,7,8);2H2,1H3,(H,4,5);3*1-2H3;;;1H2. The fourth-order valence-electron chi connectivity index (χ4n) is 4.58. The van der Waals surface area contributed by atoms with Gasteiger partial charge < -0.3 is 25.5 Å². The van der Waals surface area contributed by atoms with Gasteiger partial charge in [-0.15, -0.1) is 11.8 Å². The average Bonchev–Trinajstić information content (AvgIpc) is 3.28. The Balaban J connectivity index is -0.000000260. The number of thioether (sulfide) groups is 1. The van der Waals surface area contributed by atoms with E-state index in [1.54, 1.807) is 43.3 Å². The van der Waals surface area contributed by atoms with Crippen LogP contribution >= 0.6 is 25.3 Å². The first-order valence-electron chi connectivity index (χ1n) is 20.8. The maximum absolute atomic E-state index is 13.0. The molecule has 0 saturated carbocycles. The number of rotatable bonds is 12. The van der Waals surface area contributed by atoms with Crippen molar-refractivity contribution in [3.05, 3.63) is 116 Å². The summed E-state index contributed by atoms with van der Waals surface area (Å²) in [6.45, 7) is 15.5. The van der Waals surface area contributed by atoms with Gasteiger partial charge in [0.1, 0.15) is 27.6 Å². The van der Waals surface area contributed by atoms with E-state index in [-0.39, 0.29) is 54.1 Å². The third kappa shape index (κ3) is 32.0. The molecule has 0 unspecified atom stereocenters. The SMILES string of the molecule is CC.CC.CC.CCC(=O)O.Cc1ccccc1C=O.O=C(O)CS(=O)(=O)CC(=O)O.O=C(O)CSCC(=O)O.O=C1Cc2ccccc2C=C1S(=O)(=O)C1=Cc2ccccc2CC1=O.S.[Na][Na]. The Hall–Kier alpha value is -3.90. The summed E-state index contributed by atoms with van der Waals surface area (Å²) in [6.07, 6.45) is 3.91. The van der Waals surface area contributed by atoms with Crippen molar-refractivity contribution < 1.29 is 80.7 Å². The molecule has 0 heterocycles. The number of fused-ring (bicyclic) bond motifs is 2. The fraction of sp³-hybridized carbons (Fsp3) is 0.333. The first-order valence-corrected chi connectivity index (χ1v) is 33.3. The second kappa shape index (κ2) is 42.0. The minimum atomic E-state index is -4.15. The fourth-order valence-corrected chi connectivity index (χ4v) is 7.43. The van der Waals surface area contributed by atoms with Crippen molar-refractivity contribution in [3.8, 4) is 0 Å². The molecule has 5 rings (SSSR count). The van der Waals surface area contributed by atoms with Crippen LogP contribution in [0.1, 0.15) is 93.1 Å². The van der Waals surface area contributed by atoms with Crippen LogP contribution in [0.3, 0.4) is 0 Å². The van der Waals surface area contributed by atoms with Gasteiger partial charge >= 0.3 is 73.5 Å². The number of sulfone groups is 2. The zero-order chi connectivity index (χ0) is 52.9. The second-order valence-corrected chi connectivity index (χ2v) is 16.9. The van der Waals surface area contributed by atoms with E-state index in [9.17, 15) is 55.2 Å². The quantitative estimate of drug-likeness (QED) is 0.104. The maximum atomic E-state index is 13.0. The molecule has 0 radical (unpaired) electrons. The van der Waals surface area contributed by atoms with Crippen molar-refractivity contribution in [2.75, 3.05) is 23.0 Å². The molecular weight excluding hydrogens is 987 g/mol. The summed E-state index contributed by atoms with van der Waals surface area (Å²) in [5, 5.41) is 39.7. The molecule has 0 spiro atoms. The number of hydrogen-bond acceptors (Lipinski definition) is 13. The Morgan fingerprint density at radius 2 is 0.912 bits per heavy atom. The van der Waals surface area contributed by atoms with Gasteiger partial charge in [-0.1, -0.05) is 121 Å². The molecule has 0 amide bonds. The van der Waals surface area contributed by atoms with Crippen molar-refractivity contribution in [2.45, 2.75) is 74.7 Å². The van der Waals surface area contributed by atoms with E-state index in [1.165, 1.54) is 55.8 Å². The monoisotopic (exact) mass is 1050 g/mol. The Morgan fingerprint density at radius 3 is 1.19 bits per heavy atom. The average molecular weight is 1050 g/mol. The van der Waals surface area contributed by atoms with E-state index >= 15 is 0 Å². The first kappa shape index (κ1) is 73.1. The van der Waals surface area contributed by atoms with Crippen LogP contribution in [0.4, 0.5) is 0 Å². The molecule has 5 N–H and O–H groups in total. The summed E-state index contributed by atoms with van der Waals surface area (Å²) in [5.74, 6) is -9.35. The van der Waals surface area contributed by atoms with Crippen LogP contribution in [0, 0.1) is 6.92 Å². The van der Waals surface area contributed by atoms with Crippen molar-refractivity contribution in [1.82, 2.24) is 0 Å². The molecule has 0 saturated heterocycles. The van der Waals surface area contributed by atoms with Gasteiger partial charge in [0.25, 0.3) is 0 Å². The summed E-state index contributed by atoms with van der Waals surface area (Å²) >= 11 is 3.76. The molecule has 2 aliphatic rings. The van der Waals surface area contributed by atoms with Gasteiger partial charge in [0.05, 0.1) is 11.5 Å². The van der Waals surface area contributed by atoms with Crippen molar-refractivity contribution in [2.24, 2.45) is 0 Å². The van der Waals surface area contributed by atoms with Gasteiger partial charge in [0.2, 0.25) is 9.84 Å². The van der Waals surface area contributed by atoms with Crippen LogP contribution in [0.5, 0.6) is 0 Å². The van der Waals surface area contributed by atoms with Gasteiger partial charge in [-0.3, -0.25) is 38.4 Å². The van der Waals surface area contributed by atoms with Crippen LogP contribution in [-0.4, -0.2) is 157 Å². The van der Waals surface area contributed by atoms with Crippen LogP contribution in [-0.2, 0) is 66.1 Å². The van der Waals surface area contributed by atoms with Gasteiger partial charge in [-0.25, -0.2) is 16.8 Å². The third-order valence-electron chi connectivity index (χ3n) is 7.27. The van der Waals surface area contributed by atoms with E-state index in [2.05, 4.69) is 0 Å². The molecule has 0 bridgehead atoms. The molecular formula is C45H60Na2O17S4. The summed E-state index contributed by atoms with van der Waals surface area (Å²) in [6, 6.07) is 21.8. The number of aldehydes is 1. The Morgan fingerprint density at radius 1 is 0.588 bits per heavy atom. The first-order chi connectivity index (χ1) is 31.5. The predicted molar refractivity (Wildman–Crippen MR) is 272 cm³/mol. The number of carboxylic acid groups (broad SMARTS) is 5. The molecule has 68 heavy (non-hydrogen) atoms. The van der Waals surface area contributed by atoms with Crippen LogP contribution in [0.2, 0.25) is 0 Å². The molecule has 0 atom stereocenters. The Bertz CT molecular complexity index is 2250. The molecule has 3 aromatic carbocycles. The molecule has 23 heteroatoms. The van der Waals surface area contributed by atoms with Gasteiger partial charge in [-0.05, 0) is 46.9 Å². The number of carboxylic acids is 5. The summed E-state index contributed by atoms with van der Waals surface area (Å²) < 4.78 is 47.0. The van der Waals surface area contributed by atoms with E-state index in [4.69, 9.17) is 25.5 Å². The predicted octanol–water partition coefficient (Wildman–Crippen LogP) is 5.91.